The van der Waals surface area contributed by atoms with Crippen molar-refractivity contribution < 1.29 is 14.6 Å². The molecule has 0 bridgehead atoms. The molecule has 0 amide bonds. The molecular formula is C12H13ClO3. The molecule has 1 N–H and O–H groups in total. The fourth-order valence-electron chi connectivity index (χ4n) is 1.63. The Hall–Kier alpha value is -1.22. The van der Waals surface area contributed by atoms with E-state index in [4.69, 9.17) is 21.4 Å². The van der Waals surface area contributed by atoms with Crippen LogP contribution in [0.15, 0.2) is 18.2 Å². The Balaban J connectivity index is 2.16. The lowest BCUT2D eigenvalue weighted by Gasteiger charge is -2.27. The molecule has 0 heterocycles. The predicted octanol–water partition coefficient (Wildman–Crippen LogP) is 2.90. The first-order valence-electron chi connectivity index (χ1n) is 5.32. The van der Waals surface area contributed by atoms with Crippen LogP contribution in [0.3, 0.4) is 0 Å². The van der Waals surface area contributed by atoms with E-state index in [0.717, 1.165) is 12.8 Å². The van der Waals surface area contributed by atoms with Gasteiger partial charge in [0.2, 0.25) is 0 Å². The number of carbonyl (C=O) groups is 1. The van der Waals surface area contributed by atoms with Crippen molar-refractivity contribution in [3.63, 3.8) is 0 Å². The molecule has 16 heavy (non-hydrogen) atoms. The van der Waals surface area contributed by atoms with Crippen LogP contribution in [-0.2, 0) is 11.2 Å². The molecule has 1 fully saturated rings. The number of carboxylic acids is 1. The molecule has 0 aromatic heterocycles. The lowest BCUT2D eigenvalue weighted by Crippen LogP contribution is -2.25. The van der Waals surface area contributed by atoms with E-state index in [9.17, 15) is 4.79 Å². The van der Waals surface area contributed by atoms with Gasteiger partial charge in [0.15, 0.2) is 0 Å². The molecule has 0 saturated heterocycles. The Morgan fingerprint density at radius 3 is 2.81 bits per heavy atom. The highest BCUT2D eigenvalue weighted by molar-refractivity contribution is 6.30. The Bertz CT molecular complexity index is 399. The Kier molecular flexibility index (Phi) is 3.34. The monoisotopic (exact) mass is 240 g/mol. The van der Waals surface area contributed by atoms with Gasteiger partial charge in [0.1, 0.15) is 5.75 Å². The lowest BCUT2D eigenvalue weighted by molar-refractivity contribution is -0.136. The summed E-state index contributed by atoms with van der Waals surface area (Å²) < 4.78 is 5.72. The Labute approximate surface area is 99.0 Å². The van der Waals surface area contributed by atoms with Gasteiger partial charge in [-0.25, -0.2) is 0 Å². The largest absolute Gasteiger partial charge is 0.490 e. The number of rotatable bonds is 4. The Morgan fingerprint density at radius 2 is 2.25 bits per heavy atom. The number of ether oxygens (including phenoxy) is 1. The highest BCUT2D eigenvalue weighted by atomic mass is 35.5. The molecule has 1 aromatic carbocycles. The highest BCUT2D eigenvalue weighted by Gasteiger charge is 2.20. The number of halogens is 1. The highest BCUT2D eigenvalue weighted by Crippen LogP contribution is 2.29. The zero-order valence-corrected chi connectivity index (χ0v) is 9.54. The van der Waals surface area contributed by atoms with Crippen LogP contribution in [0, 0.1) is 0 Å². The molecule has 2 rings (SSSR count). The molecule has 1 saturated carbocycles. The van der Waals surface area contributed by atoms with Gasteiger partial charge >= 0.3 is 5.97 Å². The number of carboxylic acid groups (broad SMARTS) is 1. The van der Waals surface area contributed by atoms with Crippen molar-refractivity contribution in [3.05, 3.63) is 28.8 Å². The number of benzene rings is 1. The topological polar surface area (TPSA) is 46.5 Å². The predicted molar refractivity (Wildman–Crippen MR) is 61.1 cm³/mol. The fraction of sp³-hybridized carbons (Fsp3) is 0.417. The van der Waals surface area contributed by atoms with Crippen molar-refractivity contribution in [1.29, 1.82) is 0 Å². The summed E-state index contributed by atoms with van der Waals surface area (Å²) >= 11 is 5.84. The minimum absolute atomic E-state index is 0.0530. The van der Waals surface area contributed by atoms with Crippen LogP contribution in [0.5, 0.6) is 5.75 Å². The molecule has 1 aromatic rings. The maximum atomic E-state index is 10.7. The van der Waals surface area contributed by atoms with Crippen molar-refractivity contribution in [2.75, 3.05) is 0 Å². The summed E-state index contributed by atoms with van der Waals surface area (Å²) in [6, 6.07) is 5.13. The standard InChI is InChI=1S/C12H13ClO3/c13-9-4-5-11(16-10-2-1-3-10)8(6-9)7-12(14)15/h4-6,10H,1-3,7H2,(H,14,15). The third kappa shape index (κ3) is 2.67. The summed E-state index contributed by atoms with van der Waals surface area (Å²) in [5.41, 5.74) is 0.645. The summed E-state index contributed by atoms with van der Waals surface area (Å²) in [5, 5.41) is 9.33. The van der Waals surface area contributed by atoms with Gasteiger partial charge < -0.3 is 9.84 Å². The summed E-state index contributed by atoms with van der Waals surface area (Å²) in [6.45, 7) is 0. The summed E-state index contributed by atoms with van der Waals surface area (Å²) in [4.78, 5) is 10.7. The maximum absolute atomic E-state index is 10.7. The normalized spacial score (nSPS) is 15.6. The van der Waals surface area contributed by atoms with E-state index in [2.05, 4.69) is 0 Å². The molecule has 0 aliphatic heterocycles. The number of hydrogen-bond acceptors (Lipinski definition) is 2. The maximum Gasteiger partial charge on any atom is 0.307 e. The van der Waals surface area contributed by atoms with E-state index in [1.165, 1.54) is 6.42 Å². The van der Waals surface area contributed by atoms with Gasteiger partial charge in [-0.3, -0.25) is 4.79 Å². The molecule has 1 aliphatic carbocycles. The van der Waals surface area contributed by atoms with Crippen LogP contribution in [0.1, 0.15) is 24.8 Å². The van der Waals surface area contributed by atoms with Gasteiger partial charge in [-0.1, -0.05) is 11.6 Å². The molecule has 0 radical (unpaired) electrons. The van der Waals surface area contributed by atoms with E-state index in [-0.39, 0.29) is 12.5 Å². The van der Waals surface area contributed by atoms with Gasteiger partial charge in [0.05, 0.1) is 12.5 Å². The molecule has 0 spiro atoms. The SMILES string of the molecule is O=C(O)Cc1cc(Cl)ccc1OC1CCC1. The number of aliphatic carboxylic acids is 1. The van der Waals surface area contributed by atoms with Crippen LogP contribution >= 0.6 is 11.6 Å². The molecule has 1 aliphatic rings. The first-order chi connectivity index (χ1) is 7.65. The van der Waals surface area contributed by atoms with Gasteiger partial charge in [0, 0.05) is 10.6 Å². The molecule has 3 nitrogen and oxygen atoms in total. The van der Waals surface area contributed by atoms with E-state index in [0.29, 0.717) is 16.3 Å². The summed E-state index contributed by atoms with van der Waals surface area (Å²) in [7, 11) is 0. The second-order valence-corrected chi connectivity index (χ2v) is 4.43. The minimum atomic E-state index is -0.874. The van der Waals surface area contributed by atoms with Crippen molar-refractivity contribution >= 4 is 17.6 Å². The van der Waals surface area contributed by atoms with Gasteiger partial charge in [-0.2, -0.15) is 0 Å². The first kappa shape index (κ1) is 11.3. The summed E-state index contributed by atoms with van der Waals surface area (Å²) in [6.07, 6.45) is 3.48. The molecule has 0 atom stereocenters. The fourth-order valence-corrected chi connectivity index (χ4v) is 1.83. The zero-order valence-electron chi connectivity index (χ0n) is 8.78. The minimum Gasteiger partial charge on any atom is -0.490 e. The Morgan fingerprint density at radius 1 is 1.50 bits per heavy atom. The van der Waals surface area contributed by atoms with Crippen molar-refractivity contribution in [2.24, 2.45) is 0 Å². The van der Waals surface area contributed by atoms with Crippen molar-refractivity contribution in [2.45, 2.75) is 31.8 Å². The van der Waals surface area contributed by atoms with Crippen molar-refractivity contribution in [1.82, 2.24) is 0 Å². The van der Waals surface area contributed by atoms with E-state index < -0.39 is 5.97 Å². The lowest BCUT2D eigenvalue weighted by atomic mass is 9.96. The van der Waals surface area contributed by atoms with Crippen LogP contribution in [0.25, 0.3) is 0 Å². The first-order valence-corrected chi connectivity index (χ1v) is 5.70. The number of hydrogen-bond donors (Lipinski definition) is 1. The van der Waals surface area contributed by atoms with Crippen LogP contribution in [-0.4, -0.2) is 17.2 Å². The second kappa shape index (κ2) is 4.74. The van der Waals surface area contributed by atoms with Crippen LogP contribution < -0.4 is 4.74 Å². The van der Waals surface area contributed by atoms with Crippen LogP contribution in [0.4, 0.5) is 0 Å². The molecular weight excluding hydrogens is 228 g/mol. The molecule has 86 valence electrons. The van der Waals surface area contributed by atoms with Gasteiger partial charge in [0.25, 0.3) is 0 Å². The van der Waals surface area contributed by atoms with Gasteiger partial charge in [-0.15, -0.1) is 0 Å². The van der Waals surface area contributed by atoms with Crippen LogP contribution in [0.2, 0.25) is 5.02 Å². The second-order valence-electron chi connectivity index (χ2n) is 3.99. The quantitative estimate of drug-likeness (QED) is 0.880. The smallest absolute Gasteiger partial charge is 0.307 e. The van der Waals surface area contributed by atoms with Gasteiger partial charge in [-0.05, 0) is 37.5 Å². The molecule has 0 unspecified atom stereocenters. The van der Waals surface area contributed by atoms with E-state index in [1.807, 2.05) is 0 Å². The van der Waals surface area contributed by atoms with Crippen molar-refractivity contribution in [3.8, 4) is 5.75 Å². The third-order valence-electron chi connectivity index (χ3n) is 2.71. The zero-order chi connectivity index (χ0) is 11.5. The molecule has 4 heteroatoms. The summed E-state index contributed by atoms with van der Waals surface area (Å²) in [5.74, 6) is -0.225. The average molecular weight is 241 g/mol. The third-order valence-corrected chi connectivity index (χ3v) is 2.95. The van der Waals surface area contributed by atoms with E-state index in [1.54, 1.807) is 18.2 Å². The average Bonchev–Trinajstić information content (AvgIpc) is 2.12. The van der Waals surface area contributed by atoms with E-state index >= 15 is 0 Å².